The molecular weight excluding hydrogens is 319 g/mol. The average molecular weight is 347 g/mol. The summed E-state index contributed by atoms with van der Waals surface area (Å²) < 4.78 is 12.9. The predicted molar refractivity (Wildman–Crippen MR) is 92.8 cm³/mol. The molecule has 3 N–H and O–H groups in total. The summed E-state index contributed by atoms with van der Waals surface area (Å²) in [5.74, 6) is -0.440. The SMILES string of the molecule is CC(C)CN(CC(O)c1ccc(F)cc1)C(=O)C(C)C(C)N.Cl. The Bertz CT molecular complexity index is 480. The molecule has 0 bridgehead atoms. The Morgan fingerprint density at radius 1 is 1.17 bits per heavy atom. The number of carbonyl (C=O) groups is 1. The van der Waals surface area contributed by atoms with E-state index in [4.69, 9.17) is 5.73 Å². The van der Waals surface area contributed by atoms with Gasteiger partial charge in [-0.25, -0.2) is 4.39 Å². The molecule has 4 nitrogen and oxygen atoms in total. The summed E-state index contributed by atoms with van der Waals surface area (Å²) in [5, 5.41) is 10.3. The fraction of sp³-hybridized carbons (Fsp3) is 0.588. The second kappa shape index (κ2) is 9.85. The van der Waals surface area contributed by atoms with Crippen LogP contribution in [0.25, 0.3) is 0 Å². The van der Waals surface area contributed by atoms with Crippen LogP contribution in [0.2, 0.25) is 0 Å². The molecule has 0 spiro atoms. The molecule has 132 valence electrons. The first-order valence-electron chi connectivity index (χ1n) is 7.70. The van der Waals surface area contributed by atoms with Gasteiger partial charge in [-0.1, -0.05) is 32.9 Å². The van der Waals surface area contributed by atoms with E-state index in [1.807, 2.05) is 13.8 Å². The maximum Gasteiger partial charge on any atom is 0.227 e. The van der Waals surface area contributed by atoms with Crippen LogP contribution < -0.4 is 5.73 Å². The van der Waals surface area contributed by atoms with E-state index in [1.54, 1.807) is 18.7 Å². The number of aliphatic hydroxyl groups is 1. The molecule has 0 saturated carbocycles. The summed E-state index contributed by atoms with van der Waals surface area (Å²) in [7, 11) is 0. The monoisotopic (exact) mass is 346 g/mol. The highest BCUT2D eigenvalue weighted by molar-refractivity contribution is 5.85. The Balaban J connectivity index is 0.00000484. The van der Waals surface area contributed by atoms with Crippen molar-refractivity contribution in [3.05, 3.63) is 35.6 Å². The Morgan fingerprint density at radius 2 is 1.70 bits per heavy atom. The molecule has 0 aliphatic rings. The predicted octanol–water partition coefficient (Wildman–Crippen LogP) is 2.75. The normalized spacial score (nSPS) is 14.8. The molecule has 0 aliphatic carbocycles. The van der Waals surface area contributed by atoms with E-state index in [9.17, 15) is 14.3 Å². The number of carbonyl (C=O) groups excluding carboxylic acids is 1. The van der Waals surface area contributed by atoms with Crippen molar-refractivity contribution in [2.45, 2.75) is 39.8 Å². The maximum absolute atomic E-state index is 12.9. The molecule has 23 heavy (non-hydrogen) atoms. The first-order valence-corrected chi connectivity index (χ1v) is 7.70. The molecule has 1 aromatic carbocycles. The average Bonchev–Trinajstić information content (AvgIpc) is 2.45. The van der Waals surface area contributed by atoms with Gasteiger partial charge in [0.25, 0.3) is 0 Å². The number of halogens is 2. The van der Waals surface area contributed by atoms with Crippen molar-refractivity contribution in [1.82, 2.24) is 4.90 Å². The highest BCUT2D eigenvalue weighted by Crippen LogP contribution is 2.18. The first kappa shape index (κ1) is 21.8. The molecule has 1 rings (SSSR count). The minimum absolute atomic E-state index is 0. The fourth-order valence-electron chi connectivity index (χ4n) is 2.21. The van der Waals surface area contributed by atoms with E-state index in [0.29, 0.717) is 12.1 Å². The number of aliphatic hydroxyl groups excluding tert-OH is 1. The van der Waals surface area contributed by atoms with Crippen molar-refractivity contribution in [1.29, 1.82) is 0 Å². The number of hydrogen-bond donors (Lipinski definition) is 2. The van der Waals surface area contributed by atoms with Crippen LogP contribution in [0.3, 0.4) is 0 Å². The van der Waals surface area contributed by atoms with Crippen molar-refractivity contribution in [2.75, 3.05) is 13.1 Å². The third kappa shape index (κ3) is 6.85. The zero-order valence-corrected chi connectivity index (χ0v) is 15.0. The molecular formula is C17H28ClFN2O2. The lowest BCUT2D eigenvalue weighted by molar-refractivity contribution is -0.137. The van der Waals surface area contributed by atoms with E-state index in [1.165, 1.54) is 24.3 Å². The lowest BCUT2D eigenvalue weighted by Crippen LogP contribution is -2.44. The van der Waals surface area contributed by atoms with Crippen LogP contribution in [0.1, 0.15) is 39.4 Å². The topological polar surface area (TPSA) is 66.6 Å². The van der Waals surface area contributed by atoms with Crippen LogP contribution in [0.15, 0.2) is 24.3 Å². The van der Waals surface area contributed by atoms with E-state index in [-0.39, 0.29) is 48.6 Å². The molecule has 0 radical (unpaired) electrons. The molecule has 0 aromatic heterocycles. The Hall–Kier alpha value is -1.17. The van der Waals surface area contributed by atoms with Gasteiger partial charge < -0.3 is 15.7 Å². The lowest BCUT2D eigenvalue weighted by atomic mass is 10.0. The number of nitrogens with two attached hydrogens (primary N) is 1. The van der Waals surface area contributed by atoms with Gasteiger partial charge in [0.2, 0.25) is 5.91 Å². The number of amides is 1. The van der Waals surface area contributed by atoms with E-state index >= 15 is 0 Å². The lowest BCUT2D eigenvalue weighted by Gasteiger charge is -2.30. The summed E-state index contributed by atoms with van der Waals surface area (Å²) in [6.07, 6.45) is -0.844. The van der Waals surface area contributed by atoms with Gasteiger partial charge >= 0.3 is 0 Å². The van der Waals surface area contributed by atoms with Crippen molar-refractivity contribution in [2.24, 2.45) is 17.6 Å². The molecule has 6 heteroatoms. The van der Waals surface area contributed by atoms with Gasteiger partial charge in [-0.05, 0) is 30.5 Å². The number of benzene rings is 1. The number of rotatable bonds is 7. The van der Waals surface area contributed by atoms with Gasteiger partial charge in [0.15, 0.2) is 0 Å². The van der Waals surface area contributed by atoms with Crippen LogP contribution in [0.4, 0.5) is 4.39 Å². The van der Waals surface area contributed by atoms with Gasteiger partial charge in [-0.3, -0.25) is 4.79 Å². The van der Waals surface area contributed by atoms with Crippen LogP contribution in [0, 0.1) is 17.7 Å². The smallest absolute Gasteiger partial charge is 0.227 e. The highest BCUT2D eigenvalue weighted by atomic mass is 35.5. The molecule has 3 atom stereocenters. The molecule has 1 aromatic rings. The minimum Gasteiger partial charge on any atom is -0.387 e. The summed E-state index contributed by atoms with van der Waals surface area (Å²) in [5.41, 5.74) is 6.41. The Labute approximate surface area is 144 Å². The zero-order valence-electron chi connectivity index (χ0n) is 14.2. The van der Waals surface area contributed by atoms with Crippen LogP contribution >= 0.6 is 12.4 Å². The van der Waals surface area contributed by atoms with Crippen molar-refractivity contribution in [3.63, 3.8) is 0 Å². The summed E-state index contributed by atoms with van der Waals surface area (Å²) in [4.78, 5) is 14.2. The van der Waals surface area contributed by atoms with Crippen molar-refractivity contribution >= 4 is 18.3 Å². The third-order valence-electron chi connectivity index (χ3n) is 3.72. The van der Waals surface area contributed by atoms with Crippen molar-refractivity contribution < 1.29 is 14.3 Å². The van der Waals surface area contributed by atoms with Gasteiger partial charge in [0, 0.05) is 12.6 Å². The second-order valence-electron chi connectivity index (χ2n) is 6.35. The van der Waals surface area contributed by atoms with Crippen LogP contribution in [-0.2, 0) is 4.79 Å². The molecule has 0 fully saturated rings. The quantitative estimate of drug-likeness (QED) is 0.797. The maximum atomic E-state index is 12.9. The van der Waals surface area contributed by atoms with Crippen LogP contribution in [-0.4, -0.2) is 35.0 Å². The highest BCUT2D eigenvalue weighted by Gasteiger charge is 2.26. The van der Waals surface area contributed by atoms with E-state index in [0.717, 1.165) is 0 Å². The third-order valence-corrected chi connectivity index (χ3v) is 3.72. The number of hydrogen-bond acceptors (Lipinski definition) is 3. The van der Waals surface area contributed by atoms with E-state index < -0.39 is 6.10 Å². The summed E-state index contributed by atoms with van der Waals surface area (Å²) in [6.45, 7) is 8.35. The largest absolute Gasteiger partial charge is 0.387 e. The van der Waals surface area contributed by atoms with Gasteiger partial charge in [-0.2, -0.15) is 0 Å². The minimum atomic E-state index is -0.844. The molecule has 0 heterocycles. The zero-order chi connectivity index (χ0) is 16.9. The Kier molecular flexibility index (Phi) is 9.35. The van der Waals surface area contributed by atoms with Gasteiger partial charge in [0.1, 0.15) is 5.82 Å². The standard InChI is InChI=1S/C17H27FN2O2.ClH/c1-11(2)9-20(17(22)12(3)13(4)19)10-16(21)14-5-7-15(18)8-6-14;/h5-8,11-13,16,21H,9-10,19H2,1-4H3;1H. The first-order chi connectivity index (χ1) is 10.2. The number of nitrogens with zero attached hydrogens (tertiary/aromatic N) is 1. The molecule has 1 amide bonds. The molecule has 0 aliphatic heterocycles. The molecule has 3 unspecified atom stereocenters. The fourth-order valence-corrected chi connectivity index (χ4v) is 2.21. The van der Waals surface area contributed by atoms with Gasteiger partial charge in [-0.15, -0.1) is 12.4 Å². The summed E-state index contributed by atoms with van der Waals surface area (Å²) in [6, 6.07) is 5.43. The summed E-state index contributed by atoms with van der Waals surface area (Å²) >= 11 is 0. The Morgan fingerprint density at radius 3 is 2.13 bits per heavy atom. The second-order valence-corrected chi connectivity index (χ2v) is 6.35. The molecule has 0 saturated heterocycles. The van der Waals surface area contributed by atoms with Crippen LogP contribution in [0.5, 0.6) is 0 Å². The van der Waals surface area contributed by atoms with Gasteiger partial charge in [0.05, 0.1) is 18.6 Å². The van der Waals surface area contributed by atoms with E-state index in [2.05, 4.69) is 0 Å². The van der Waals surface area contributed by atoms with Crippen molar-refractivity contribution in [3.8, 4) is 0 Å².